The van der Waals surface area contributed by atoms with Crippen LogP contribution in [-0.2, 0) is 10.8 Å². The molecule has 142 heavy (non-hydrogen) atoms. The highest BCUT2D eigenvalue weighted by Gasteiger charge is 2.44. The van der Waals surface area contributed by atoms with Crippen LogP contribution in [0.2, 0.25) is 0 Å². The van der Waals surface area contributed by atoms with E-state index in [1.54, 1.807) is 22.3 Å². The minimum Gasteiger partial charge on any atom is -0.310 e. The molecule has 2 nitrogen and oxygen atoms in total. The Labute approximate surface area is 854 Å². The van der Waals surface area contributed by atoms with Crippen LogP contribution in [0.1, 0.15) is 388 Å². The fourth-order valence-corrected chi connectivity index (χ4v) is 28.6. The molecule has 0 bridgehead atoms. The monoisotopic (exact) mass is 1870 g/mol. The van der Waals surface area contributed by atoms with Crippen molar-refractivity contribution in [3.63, 3.8) is 0 Å². The number of fused-ring (bicyclic) bond motifs is 6. The normalized spacial score (nSPS) is 22.9. The van der Waals surface area contributed by atoms with E-state index in [2.05, 4.69) is 379 Å². The molecule has 728 valence electrons. The van der Waals surface area contributed by atoms with Gasteiger partial charge in [0, 0.05) is 44.7 Å². The van der Waals surface area contributed by atoms with Gasteiger partial charge in [0.1, 0.15) is 0 Å². The lowest BCUT2D eigenvalue weighted by molar-refractivity contribution is 0.344. The predicted molar refractivity (Wildman–Crippen MR) is 607 cm³/mol. The molecular weight excluding hydrogens is 1710 g/mol. The summed E-state index contributed by atoms with van der Waals surface area (Å²) in [6.45, 7) is 14.6. The van der Waals surface area contributed by atoms with Crippen LogP contribution in [-0.4, -0.2) is 0 Å². The SMILES string of the molecule is CCC1CCCC(c2cc(C3CCCC(CC)CCC3)c(-c3ccc(N(c4ccc5c(c4)C(C)(c4ccc(C6CCCCC6)cc4)c4ccccc4-5)c4ccccc4-c4ccccc4)cc3)c(C3CCCC(CC)CCC3)c2)CCC1.CCC1CCCC(c2ccc(-c3ccc(N(c4ccc5c(c4)C(C)(c4ccc(C6CCCCC6)cc4)c4ccccc4-5)c4ccccc4-c4ccccc4)cc3)cc2)CCC1. The smallest absolute Gasteiger partial charge is 0.0540 e. The van der Waals surface area contributed by atoms with E-state index < -0.39 is 0 Å². The summed E-state index contributed by atoms with van der Waals surface area (Å²) in [6.07, 6.45) is 51.6. The average Bonchev–Trinajstić information content (AvgIpc) is 1.56. The van der Waals surface area contributed by atoms with Crippen LogP contribution in [0.25, 0.3) is 66.8 Å². The Balaban J connectivity index is 0.000000175. The van der Waals surface area contributed by atoms with Crippen LogP contribution in [0.5, 0.6) is 0 Å². The van der Waals surface area contributed by atoms with Gasteiger partial charge in [-0.15, -0.1) is 0 Å². The molecule has 2 atom stereocenters. The predicted octanol–water partition coefficient (Wildman–Crippen LogP) is 41.6. The second-order valence-electron chi connectivity index (χ2n) is 45.3. The second kappa shape index (κ2) is 44.9. The molecule has 0 aliphatic heterocycles. The lowest BCUT2D eigenvalue weighted by Crippen LogP contribution is -2.23. The molecule has 0 radical (unpaired) electrons. The third-order valence-electron chi connectivity index (χ3n) is 37.2. The summed E-state index contributed by atoms with van der Waals surface area (Å²) in [6, 6.07) is 127. The number of para-hydroxylation sites is 2. The minimum atomic E-state index is -0.308. The van der Waals surface area contributed by atoms with E-state index in [9.17, 15) is 0 Å². The maximum atomic E-state index is 2.85. The van der Waals surface area contributed by atoms with Gasteiger partial charge >= 0.3 is 0 Å². The van der Waals surface area contributed by atoms with Gasteiger partial charge in [0.15, 0.2) is 0 Å². The Morgan fingerprint density at radius 2 is 0.479 bits per heavy atom. The molecule has 0 aromatic heterocycles. The lowest BCUT2D eigenvalue weighted by atomic mass is 9.72. The lowest BCUT2D eigenvalue weighted by Gasteiger charge is -2.33. The summed E-state index contributed by atoms with van der Waals surface area (Å²) in [5, 5.41) is 0. The number of benzene rings is 14. The fraction of sp³-hybridized carbons (Fsp3) is 0.400. The van der Waals surface area contributed by atoms with Gasteiger partial charge in [0.05, 0.1) is 11.4 Å². The van der Waals surface area contributed by atoms with Crippen molar-refractivity contribution in [2.75, 3.05) is 9.80 Å². The minimum absolute atomic E-state index is 0.290. The zero-order valence-corrected chi connectivity index (χ0v) is 86.7. The first kappa shape index (κ1) is 96.8. The van der Waals surface area contributed by atoms with Crippen LogP contribution in [0.4, 0.5) is 34.1 Å². The first-order valence-corrected chi connectivity index (χ1v) is 57.1. The van der Waals surface area contributed by atoms with Crippen molar-refractivity contribution in [2.24, 2.45) is 23.7 Å². The number of hydrogen-bond acceptors (Lipinski definition) is 2. The second-order valence-corrected chi connectivity index (χ2v) is 45.3. The van der Waals surface area contributed by atoms with Gasteiger partial charge in [-0.05, 0) is 333 Å². The Morgan fingerprint density at radius 3 is 0.831 bits per heavy atom. The third kappa shape index (κ3) is 20.4. The van der Waals surface area contributed by atoms with Crippen molar-refractivity contribution in [3.8, 4) is 66.8 Å². The molecule has 8 aliphatic carbocycles. The molecule has 6 saturated carbocycles. The van der Waals surface area contributed by atoms with Gasteiger partial charge in [-0.3, -0.25) is 0 Å². The van der Waals surface area contributed by atoms with Gasteiger partial charge in [-0.2, -0.15) is 0 Å². The van der Waals surface area contributed by atoms with E-state index in [-0.39, 0.29) is 10.8 Å². The summed E-state index contributed by atoms with van der Waals surface area (Å²) in [4.78, 5) is 5.09. The van der Waals surface area contributed by atoms with Crippen LogP contribution in [0, 0.1) is 23.7 Å². The van der Waals surface area contributed by atoms with Crippen molar-refractivity contribution < 1.29 is 0 Å². The first-order chi connectivity index (χ1) is 70.0. The highest BCUT2D eigenvalue weighted by molar-refractivity contribution is 5.94. The zero-order chi connectivity index (χ0) is 96.3. The number of anilines is 6. The van der Waals surface area contributed by atoms with E-state index >= 15 is 0 Å². The van der Waals surface area contributed by atoms with E-state index in [1.807, 2.05) is 0 Å². The van der Waals surface area contributed by atoms with Crippen molar-refractivity contribution in [2.45, 2.75) is 332 Å². The maximum absolute atomic E-state index is 2.85. The van der Waals surface area contributed by atoms with Crippen molar-refractivity contribution in [1.29, 1.82) is 0 Å². The van der Waals surface area contributed by atoms with E-state index in [0.717, 1.165) is 29.4 Å². The molecule has 6 fully saturated rings. The molecule has 2 unspecified atom stereocenters. The van der Waals surface area contributed by atoms with Crippen LogP contribution in [0.3, 0.4) is 0 Å². The Kier molecular flexibility index (Phi) is 30.6. The average molecular weight is 1870 g/mol. The molecule has 0 spiro atoms. The number of hydrogen-bond donors (Lipinski definition) is 0. The summed E-state index contributed by atoms with van der Waals surface area (Å²) >= 11 is 0. The van der Waals surface area contributed by atoms with Crippen molar-refractivity contribution in [1.82, 2.24) is 0 Å². The Bertz CT molecular complexity index is 6410. The molecule has 0 saturated heterocycles. The Morgan fingerprint density at radius 1 is 0.204 bits per heavy atom. The number of nitrogens with zero attached hydrogens (tertiary/aromatic N) is 2. The molecule has 2 heteroatoms. The highest BCUT2D eigenvalue weighted by Crippen LogP contribution is 2.59. The van der Waals surface area contributed by atoms with Gasteiger partial charge < -0.3 is 9.80 Å². The summed E-state index contributed by atoms with van der Waals surface area (Å²) < 4.78 is 0. The highest BCUT2D eigenvalue weighted by atomic mass is 15.2. The van der Waals surface area contributed by atoms with Gasteiger partial charge in [-0.25, -0.2) is 0 Å². The molecule has 0 heterocycles. The van der Waals surface area contributed by atoms with Crippen LogP contribution in [0.15, 0.2) is 328 Å². The third-order valence-corrected chi connectivity index (χ3v) is 37.2. The summed E-state index contributed by atoms with van der Waals surface area (Å²) in [5.41, 5.74) is 40.4. The van der Waals surface area contributed by atoms with Crippen LogP contribution < -0.4 is 9.80 Å². The molecular formula is C140H158N2. The Hall–Kier alpha value is -11.3. The quantitative estimate of drug-likeness (QED) is 0.0667. The molecule has 8 aliphatic rings. The summed E-state index contributed by atoms with van der Waals surface area (Å²) in [7, 11) is 0. The van der Waals surface area contributed by atoms with E-state index in [4.69, 9.17) is 0 Å². The maximum Gasteiger partial charge on any atom is 0.0540 e. The van der Waals surface area contributed by atoms with Gasteiger partial charge in [0.25, 0.3) is 0 Å². The molecule has 22 rings (SSSR count). The van der Waals surface area contributed by atoms with Crippen molar-refractivity contribution in [3.05, 3.63) is 394 Å². The molecule has 0 amide bonds. The fourth-order valence-electron chi connectivity index (χ4n) is 28.6. The largest absolute Gasteiger partial charge is 0.310 e. The van der Waals surface area contributed by atoms with Crippen molar-refractivity contribution >= 4 is 34.1 Å². The zero-order valence-electron chi connectivity index (χ0n) is 86.7. The van der Waals surface area contributed by atoms with Gasteiger partial charge in [-0.1, -0.05) is 462 Å². The van der Waals surface area contributed by atoms with Crippen LogP contribution >= 0.6 is 0 Å². The van der Waals surface area contributed by atoms with E-state index in [0.29, 0.717) is 35.5 Å². The first-order valence-electron chi connectivity index (χ1n) is 57.1. The topological polar surface area (TPSA) is 6.48 Å². The summed E-state index contributed by atoms with van der Waals surface area (Å²) in [5.74, 6) is 7.60. The number of rotatable bonds is 22. The van der Waals surface area contributed by atoms with Gasteiger partial charge in [0.2, 0.25) is 0 Å². The molecule has 14 aromatic carbocycles. The standard InChI is InChI=1S/C80H97N.C60H61N/c1-5-57-24-18-34-61(35-19-25-57)67-54-74(64-36-20-26-58(6-2)27-21-37-64)79(75(55-67)65-38-22-28-59(7-3)29-23-39-65)66-46-50-69(51-47-66)81(78-43-17-15-40-71(78)63-32-12-9-13-33-63)70-52-53-73-72-41-14-16-42-76(72)80(4,77(73)56-70)68-48-44-62(45-49-68)60-30-10-8-11-31-60;1-3-43-16-14-22-45(23-15-17-43)46-28-30-47(31-29-46)49-34-38-52(39-35-49)61(59-27-13-11-24-54(59)50-20-8-5-9-21-50)53-40-41-56-55-25-10-12-26-57(55)60(2,58(56)42-53)51-36-32-48(33-37-51)44-18-6-4-7-19-44/h9,12-17,32-33,40-61,64-65H,5-8,10-11,18-31,34-39H2,1-4H3;5,8-13,20-21,24-45H,3-4,6-7,14-19,22-23H2,1-2H3. The van der Waals surface area contributed by atoms with E-state index in [1.165, 1.54) is 384 Å². The molecule has 14 aromatic rings. The molecule has 0 N–H and O–H groups in total.